The minimum Gasteiger partial charge on any atom is -0.395 e. The summed E-state index contributed by atoms with van der Waals surface area (Å²) >= 11 is 1.60. The molecule has 0 radical (unpaired) electrons. The zero-order chi connectivity index (χ0) is 14.9. The Hall–Kier alpha value is -1.55. The van der Waals surface area contributed by atoms with E-state index in [0.717, 1.165) is 23.1 Å². The second-order valence-electron chi connectivity index (χ2n) is 3.92. The number of benzene rings is 1. The SMILES string of the molecule is O=C1C=C(Nc2c(F)ccc(F)c2I)C(=O)N1CCO. The number of β-amino-alcohol motifs (C(OH)–C–C–N with tert-alkyl or cyclic N) is 1. The molecule has 1 aliphatic heterocycles. The lowest BCUT2D eigenvalue weighted by Crippen LogP contribution is -2.34. The molecule has 1 aliphatic rings. The lowest BCUT2D eigenvalue weighted by atomic mass is 10.2. The Morgan fingerprint density at radius 1 is 1.25 bits per heavy atom. The molecule has 2 amide bonds. The van der Waals surface area contributed by atoms with Crippen molar-refractivity contribution in [1.82, 2.24) is 4.90 Å². The van der Waals surface area contributed by atoms with Crippen LogP contribution < -0.4 is 5.32 Å². The van der Waals surface area contributed by atoms with Gasteiger partial charge in [0.2, 0.25) is 0 Å². The first-order chi connectivity index (χ1) is 9.45. The van der Waals surface area contributed by atoms with E-state index >= 15 is 0 Å². The number of amides is 2. The molecular formula is C12H9F2IN2O3. The van der Waals surface area contributed by atoms with Gasteiger partial charge in [0.05, 0.1) is 22.4 Å². The van der Waals surface area contributed by atoms with Gasteiger partial charge in [0, 0.05) is 6.08 Å². The van der Waals surface area contributed by atoms with Crippen molar-refractivity contribution in [2.45, 2.75) is 0 Å². The fourth-order valence-corrected chi connectivity index (χ4v) is 2.26. The van der Waals surface area contributed by atoms with Crippen molar-refractivity contribution < 1.29 is 23.5 Å². The normalized spacial score (nSPS) is 14.8. The molecule has 106 valence electrons. The molecule has 1 aromatic carbocycles. The summed E-state index contributed by atoms with van der Waals surface area (Å²) in [5.41, 5.74) is -0.366. The molecule has 2 N–H and O–H groups in total. The number of hydrogen-bond donors (Lipinski definition) is 2. The van der Waals surface area contributed by atoms with Gasteiger partial charge in [0.1, 0.15) is 17.3 Å². The summed E-state index contributed by atoms with van der Waals surface area (Å²) in [5, 5.41) is 11.2. The molecule has 2 rings (SSSR count). The number of carbonyl (C=O) groups excluding carboxylic acids is 2. The van der Waals surface area contributed by atoms with Crippen molar-refractivity contribution >= 4 is 40.1 Å². The monoisotopic (exact) mass is 394 g/mol. The molecule has 1 heterocycles. The second-order valence-corrected chi connectivity index (χ2v) is 5.00. The van der Waals surface area contributed by atoms with E-state index < -0.39 is 23.4 Å². The van der Waals surface area contributed by atoms with E-state index in [2.05, 4.69) is 5.32 Å². The van der Waals surface area contributed by atoms with Crippen LogP contribution in [0, 0.1) is 15.2 Å². The van der Waals surface area contributed by atoms with E-state index in [4.69, 9.17) is 5.11 Å². The van der Waals surface area contributed by atoms with Crippen LogP contribution in [0.4, 0.5) is 14.5 Å². The van der Waals surface area contributed by atoms with Crippen LogP contribution in [-0.4, -0.2) is 35.0 Å². The number of carbonyl (C=O) groups is 2. The first-order valence-electron chi connectivity index (χ1n) is 5.54. The van der Waals surface area contributed by atoms with Crippen molar-refractivity contribution in [3.05, 3.63) is 39.1 Å². The Bertz CT molecular complexity index is 619. The number of aliphatic hydroxyl groups excluding tert-OH is 1. The molecule has 1 aromatic rings. The third-order valence-electron chi connectivity index (χ3n) is 2.64. The number of hydrogen-bond acceptors (Lipinski definition) is 4. The fraction of sp³-hybridized carbons (Fsp3) is 0.167. The standard InChI is InChI=1S/C12H9F2IN2O3/c13-6-1-2-7(14)11(10(6)15)16-8-5-9(19)17(3-4-18)12(8)20/h1-2,5,16,18H,3-4H2. The molecule has 0 atom stereocenters. The summed E-state index contributed by atoms with van der Waals surface area (Å²) in [7, 11) is 0. The van der Waals surface area contributed by atoms with Gasteiger partial charge < -0.3 is 10.4 Å². The van der Waals surface area contributed by atoms with E-state index in [-0.39, 0.29) is 28.1 Å². The van der Waals surface area contributed by atoms with Gasteiger partial charge in [-0.15, -0.1) is 0 Å². The number of anilines is 1. The van der Waals surface area contributed by atoms with Gasteiger partial charge in [-0.3, -0.25) is 14.5 Å². The predicted molar refractivity (Wildman–Crippen MR) is 74.6 cm³/mol. The highest BCUT2D eigenvalue weighted by Gasteiger charge is 2.31. The van der Waals surface area contributed by atoms with Crippen molar-refractivity contribution in [2.75, 3.05) is 18.5 Å². The molecule has 0 saturated heterocycles. The fourth-order valence-electron chi connectivity index (χ4n) is 1.69. The Balaban J connectivity index is 2.28. The number of halogens is 3. The smallest absolute Gasteiger partial charge is 0.277 e. The Morgan fingerprint density at radius 2 is 1.90 bits per heavy atom. The van der Waals surface area contributed by atoms with Crippen LogP contribution in [0.25, 0.3) is 0 Å². The largest absolute Gasteiger partial charge is 0.395 e. The minimum atomic E-state index is -0.738. The van der Waals surface area contributed by atoms with Gasteiger partial charge in [-0.2, -0.15) is 0 Å². The summed E-state index contributed by atoms with van der Waals surface area (Å²) in [5.74, 6) is -2.68. The van der Waals surface area contributed by atoms with Gasteiger partial charge in [-0.05, 0) is 34.7 Å². The topological polar surface area (TPSA) is 69.6 Å². The van der Waals surface area contributed by atoms with Gasteiger partial charge in [0.15, 0.2) is 0 Å². The van der Waals surface area contributed by atoms with E-state index in [0.29, 0.717) is 0 Å². The molecule has 0 saturated carbocycles. The maximum absolute atomic E-state index is 13.6. The number of nitrogens with one attached hydrogen (secondary N) is 1. The van der Waals surface area contributed by atoms with E-state index in [1.54, 1.807) is 22.6 Å². The zero-order valence-corrected chi connectivity index (χ0v) is 12.1. The van der Waals surface area contributed by atoms with Crippen molar-refractivity contribution in [2.24, 2.45) is 0 Å². The minimum absolute atomic E-state index is 0.0237. The third kappa shape index (κ3) is 2.66. The highest BCUT2D eigenvalue weighted by molar-refractivity contribution is 14.1. The molecule has 0 fully saturated rings. The molecule has 0 unspecified atom stereocenters. The maximum atomic E-state index is 13.6. The first-order valence-corrected chi connectivity index (χ1v) is 6.62. The Morgan fingerprint density at radius 3 is 2.55 bits per heavy atom. The highest BCUT2D eigenvalue weighted by atomic mass is 127. The lowest BCUT2D eigenvalue weighted by Gasteiger charge is -2.14. The zero-order valence-electron chi connectivity index (χ0n) is 9.99. The molecule has 8 heteroatoms. The quantitative estimate of drug-likeness (QED) is 0.458. The highest BCUT2D eigenvalue weighted by Crippen LogP contribution is 2.27. The van der Waals surface area contributed by atoms with Crippen LogP contribution in [0.3, 0.4) is 0 Å². The molecule has 5 nitrogen and oxygen atoms in total. The molecule has 20 heavy (non-hydrogen) atoms. The van der Waals surface area contributed by atoms with E-state index in [1.165, 1.54) is 0 Å². The van der Waals surface area contributed by atoms with Crippen LogP contribution >= 0.6 is 22.6 Å². The summed E-state index contributed by atoms with van der Waals surface area (Å²) in [6, 6.07) is 1.89. The van der Waals surface area contributed by atoms with Crippen LogP contribution in [-0.2, 0) is 9.59 Å². The summed E-state index contributed by atoms with van der Waals surface area (Å²) in [6.45, 7) is -0.521. The van der Waals surface area contributed by atoms with Crippen molar-refractivity contribution in [1.29, 1.82) is 0 Å². The lowest BCUT2D eigenvalue weighted by molar-refractivity contribution is -0.137. The summed E-state index contributed by atoms with van der Waals surface area (Å²) in [4.78, 5) is 24.2. The Labute approximate surface area is 126 Å². The van der Waals surface area contributed by atoms with Crippen molar-refractivity contribution in [3.8, 4) is 0 Å². The van der Waals surface area contributed by atoms with Gasteiger partial charge in [-0.25, -0.2) is 8.78 Å². The summed E-state index contributed by atoms with van der Waals surface area (Å²) in [6.07, 6.45) is 0.985. The predicted octanol–water partition coefficient (Wildman–Crippen LogP) is 1.23. The molecular weight excluding hydrogens is 385 g/mol. The number of aliphatic hydroxyl groups is 1. The average Bonchev–Trinajstić information content (AvgIpc) is 2.67. The van der Waals surface area contributed by atoms with Gasteiger partial charge in [-0.1, -0.05) is 0 Å². The average molecular weight is 394 g/mol. The number of imide groups is 1. The van der Waals surface area contributed by atoms with E-state index in [9.17, 15) is 18.4 Å². The molecule has 0 aromatic heterocycles. The molecule has 0 spiro atoms. The first kappa shape index (κ1) is 14.9. The molecule has 0 bridgehead atoms. The molecule has 0 aliphatic carbocycles. The van der Waals surface area contributed by atoms with Crippen LogP contribution in [0.2, 0.25) is 0 Å². The maximum Gasteiger partial charge on any atom is 0.277 e. The summed E-state index contributed by atoms with van der Waals surface area (Å²) < 4.78 is 27.0. The Kier molecular flexibility index (Phi) is 4.33. The van der Waals surface area contributed by atoms with Gasteiger partial charge >= 0.3 is 0 Å². The van der Waals surface area contributed by atoms with Crippen LogP contribution in [0.1, 0.15) is 0 Å². The number of rotatable bonds is 4. The van der Waals surface area contributed by atoms with Crippen LogP contribution in [0.5, 0.6) is 0 Å². The van der Waals surface area contributed by atoms with E-state index in [1.807, 2.05) is 0 Å². The van der Waals surface area contributed by atoms with Crippen molar-refractivity contribution in [3.63, 3.8) is 0 Å². The number of nitrogens with zero attached hydrogens (tertiary/aromatic N) is 1. The third-order valence-corrected chi connectivity index (χ3v) is 3.69. The second kappa shape index (κ2) is 5.83. The van der Waals surface area contributed by atoms with Gasteiger partial charge in [0.25, 0.3) is 11.8 Å². The van der Waals surface area contributed by atoms with Crippen LogP contribution in [0.15, 0.2) is 23.9 Å².